The molecule has 0 bridgehead atoms. The maximum absolute atomic E-state index is 12.0. The molecular weight excluding hydrogens is 252 g/mol. The summed E-state index contributed by atoms with van der Waals surface area (Å²) in [6.07, 6.45) is 0.738. The van der Waals surface area contributed by atoms with Crippen LogP contribution in [0, 0.1) is 6.92 Å². The highest BCUT2D eigenvalue weighted by atomic mass is 16.4. The molecule has 0 saturated carbocycles. The van der Waals surface area contributed by atoms with Crippen LogP contribution in [0.2, 0.25) is 0 Å². The summed E-state index contributed by atoms with van der Waals surface area (Å²) in [6.45, 7) is 1.83. The third kappa shape index (κ3) is 3.54. The zero-order chi connectivity index (χ0) is 14.5. The molecular formula is C17H16O3. The lowest BCUT2D eigenvalue weighted by atomic mass is 9.98. The minimum Gasteiger partial charge on any atom is -0.478 e. The number of ketones is 1. The SMILES string of the molecule is Cc1cc(C(=O)O)ccc1CC(=O)Cc1ccccc1. The summed E-state index contributed by atoms with van der Waals surface area (Å²) < 4.78 is 0. The van der Waals surface area contributed by atoms with Crippen molar-refractivity contribution in [3.05, 3.63) is 70.8 Å². The van der Waals surface area contributed by atoms with Gasteiger partial charge in [0.25, 0.3) is 0 Å². The lowest BCUT2D eigenvalue weighted by Crippen LogP contribution is -2.08. The van der Waals surface area contributed by atoms with Crippen LogP contribution in [0.3, 0.4) is 0 Å². The Morgan fingerprint density at radius 1 is 1.00 bits per heavy atom. The molecule has 2 rings (SSSR count). The van der Waals surface area contributed by atoms with Crippen molar-refractivity contribution in [2.75, 3.05) is 0 Å². The van der Waals surface area contributed by atoms with Gasteiger partial charge in [0.15, 0.2) is 0 Å². The summed E-state index contributed by atoms with van der Waals surface area (Å²) in [6, 6.07) is 14.5. The fourth-order valence-corrected chi connectivity index (χ4v) is 2.13. The standard InChI is InChI=1S/C17H16O3/c1-12-9-15(17(19)20)8-7-14(12)11-16(18)10-13-5-3-2-4-6-13/h2-9H,10-11H2,1H3,(H,19,20). The van der Waals surface area contributed by atoms with Crippen LogP contribution in [0.4, 0.5) is 0 Å². The molecule has 0 atom stereocenters. The molecule has 102 valence electrons. The van der Waals surface area contributed by atoms with Gasteiger partial charge in [-0.05, 0) is 35.7 Å². The predicted octanol–water partition coefficient (Wildman–Crippen LogP) is 3.05. The molecule has 1 N–H and O–H groups in total. The van der Waals surface area contributed by atoms with E-state index in [9.17, 15) is 9.59 Å². The second-order valence-electron chi connectivity index (χ2n) is 4.82. The van der Waals surface area contributed by atoms with Gasteiger partial charge in [-0.1, -0.05) is 36.4 Å². The maximum atomic E-state index is 12.0. The van der Waals surface area contributed by atoms with E-state index in [1.165, 1.54) is 0 Å². The van der Waals surface area contributed by atoms with Crippen molar-refractivity contribution in [2.24, 2.45) is 0 Å². The summed E-state index contributed by atoms with van der Waals surface area (Å²) in [5, 5.41) is 8.91. The number of benzene rings is 2. The van der Waals surface area contributed by atoms with Crippen molar-refractivity contribution in [1.29, 1.82) is 0 Å². The Hall–Kier alpha value is -2.42. The Morgan fingerprint density at radius 3 is 2.30 bits per heavy atom. The number of aryl methyl sites for hydroxylation is 1. The van der Waals surface area contributed by atoms with E-state index in [2.05, 4.69) is 0 Å². The normalized spacial score (nSPS) is 10.2. The minimum atomic E-state index is -0.949. The van der Waals surface area contributed by atoms with E-state index in [0.29, 0.717) is 12.8 Å². The van der Waals surface area contributed by atoms with Gasteiger partial charge in [-0.3, -0.25) is 4.79 Å². The molecule has 0 aliphatic carbocycles. The van der Waals surface area contributed by atoms with Gasteiger partial charge in [-0.2, -0.15) is 0 Å². The van der Waals surface area contributed by atoms with Crippen molar-refractivity contribution < 1.29 is 14.7 Å². The van der Waals surface area contributed by atoms with Gasteiger partial charge in [-0.15, -0.1) is 0 Å². The summed E-state index contributed by atoms with van der Waals surface area (Å²) in [5.74, 6) is -0.822. The number of hydrogen-bond acceptors (Lipinski definition) is 2. The number of carbonyl (C=O) groups is 2. The molecule has 20 heavy (non-hydrogen) atoms. The number of carboxylic acids is 1. The first-order valence-corrected chi connectivity index (χ1v) is 6.44. The van der Waals surface area contributed by atoms with Gasteiger partial charge in [0.1, 0.15) is 5.78 Å². The molecule has 0 radical (unpaired) electrons. The van der Waals surface area contributed by atoms with Gasteiger partial charge >= 0.3 is 5.97 Å². The third-order valence-corrected chi connectivity index (χ3v) is 3.22. The zero-order valence-corrected chi connectivity index (χ0v) is 11.3. The van der Waals surface area contributed by atoms with Gasteiger partial charge in [-0.25, -0.2) is 4.79 Å². The van der Waals surface area contributed by atoms with Gasteiger partial charge in [0.05, 0.1) is 5.56 Å². The van der Waals surface area contributed by atoms with Gasteiger partial charge < -0.3 is 5.11 Å². The quantitative estimate of drug-likeness (QED) is 0.906. The van der Waals surface area contributed by atoms with Crippen LogP contribution in [0.25, 0.3) is 0 Å². The monoisotopic (exact) mass is 268 g/mol. The molecule has 0 aliphatic heterocycles. The molecule has 0 saturated heterocycles. The van der Waals surface area contributed by atoms with Crippen LogP contribution < -0.4 is 0 Å². The van der Waals surface area contributed by atoms with E-state index >= 15 is 0 Å². The molecule has 2 aromatic carbocycles. The van der Waals surface area contributed by atoms with E-state index in [0.717, 1.165) is 16.7 Å². The molecule has 2 aromatic rings. The minimum absolute atomic E-state index is 0.127. The molecule has 0 fully saturated rings. The average Bonchev–Trinajstić information content (AvgIpc) is 2.42. The van der Waals surface area contributed by atoms with Crippen LogP contribution >= 0.6 is 0 Å². The second-order valence-corrected chi connectivity index (χ2v) is 4.82. The van der Waals surface area contributed by atoms with Crippen LogP contribution in [-0.2, 0) is 17.6 Å². The maximum Gasteiger partial charge on any atom is 0.335 e. The summed E-state index contributed by atoms with van der Waals surface area (Å²) in [4.78, 5) is 22.9. The number of carboxylic acid groups (broad SMARTS) is 1. The number of Topliss-reactive ketones (excluding diaryl/α,β-unsaturated/α-hetero) is 1. The fourth-order valence-electron chi connectivity index (χ4n) is 2.13. The number of rotatable bonds is 5. The Balaban J connectivity index is 2.06. The lowest BCUT2D eigenvalue weighted by Gasteiger charge is -2.06. The number of aromatic carboxylic acids is 1. The largest absolute Gasteiger partial charge is 0.478 e. The fraction of sp³-hybridized carbons (Fsp3) is 0.176. The van der Waals surface area contributed by atoms with Crippen LogP contribution in [0.1, 0.15) is 27.0 Å². The predicted molar refractivity (Wildman–Crippen MR) is 77.0 cm³/mol. The Labute approximate surface area is 117 Å². The first-order valence-electron chi connectivity index (χ1n) is 6.44. The van der Waals surface area contributed by atoms with Crippen molar-refractivity contribution in [1.82, 2.24) is 0 Å². The second kappa shape index (κ2) is 6.15. The lowest BCUT2D eigenvalue weighted by molar-refractivity contribution is -0.117. The molecule has 0 unspecified atom stereocenters. The molecule has 0 heterocycles. The van der Waals surface area contributed by atoms with Gasteiger partial charge in [0, 0.05) is 12.8 Å². The molecule has 3 heteroatoms. The summed E-state index contributed by atoms with van der Waals surface area (Å²) in [5.41, 5.74) is 2.97. The van der Waals surface area contributed by atoms with Crippen molar-refractivity contribution in [3.8, 4) is 0 Å². The van der Waals surface area contributed by atoms with Crippen LogP contribution in [0.5, 0.6) is 0 Å². The highest BCUT2D eigenvalue weighted by Crippen LogP contribution is 2.13. The van der Waals surface area contributed by atoms with Gasteiger partial charge in [0.2, 0.25) is 0 Å². The first-order chi connectivity index (χ1) is 9.56. The number of hydrogen-bond donors (Lipinski definition) is 1. The van der Waals surface area contributed by atoms with E-state index in [1.54, 1.807) is 18.2 Å². The average molecular weight is 268 g/mol. The van der Waals surface area contributed by atoms with E-state index in [1.807, 2.05) is 37.3 Å². The Morgan fingerprint density at radius 2 is 1.70 bits per heavy atom. The van der Waals surface area contributed by atoms with Crippen molar-refractivity contribution in [3.63, 3.8) is 0 Å². The highest BCUT2D eigenvalue weighted by molar-refractivity contribution is 5.88. The summed E-state index contributed by atoms with van der Waals surface area (Å²) >= 11 is 0. The number of carbonyl (C=O) groups excluding carboxylic acids is 1. The van der Waals surface area contributed by atoms with Crippen LogP contribution in [-0.4, -0.2) is 16.9 Å². The van der Waals surface area contributed by atoms with E-state index in [-0.39, 0.29) is 11.3 Å². The van der Waals surface area contributed by atoms with E-state index < -0.39 is 5.97 Å². The first kappa shape index (κ1) is 14.0. The highest BCUT2D eigenvalue weighted by Gasteiger charge is 2.10. The molecule has 3 nitrogen and oxygen atoms in total. The van der Waals surface area contributed by atoms with Crippen molar-refractivity contribution in [2.45, 2.75) is 19.8 Å². The zero-order valence-electron chi connectivity index (χ0n) is 11.3. The Bertz CT molecular complexity index is 630. The van der Waals surface area contributed by atoms with Crippen LogP contribution in [0.15, 0.2) is 48.5 Å². The topological polar surface area (TPSA) is 54.4 Å². The molecule has 0 spiro atoms. The molecule has 0 aromatic heterocycles. The molecule has 0 amide bonds. The third-order valence-electron chi connectivity index (χ3n) is 3.22. The Kier molecular flexibility index (Phi) is 4.31. The van der Waals surface area contributed by atoms with Crippen molar-refractivity contribution >= 4 is 11.8 Å². The van der Waals surface area contributed by atoms with E-state index in [4.69, 9.17) is 5.11 Å². The summed E-state index contributed by atoms with van der Waals surface area (Å²) in [7, 11) is 0. The smallest absolute Gasteiger partial charge is 0.335 e. The molecule has 0 aliphatic rings.